The summed E-state index contributed by atoms with van der Waals surface area (Å²) in [6.07, 6.45) is 6.79. The molecule has 3 heteroatoms. The fraction of sp³-hybridized carbons (Fsp3) is 0.667. The van der Waals surface area contributed by atoms with Gasteiger partial charge in [0.05, 0.1) is 0 Å². The zero-order chi connectivity index (χ0) is 13.2. The van der Waals surface area contributed by atoms with E-state index in [1.807, 2.05) is 6.07 Å². The van der Waals surface area contributed by atoms with Crippen molar-refractivity contribution in [3.63, 3.8) is 0 Å². The Morgan fingerprint density at radius 3 is 2.67 bits per heavy atom. The van der Waals surface area contributed by atoms with Crippen LogP contribution in [-0.2, 0) is 6.54 Å². The van der Waals surface area contributed by atoms with Crippen LogP contribution in [0, 0.1) is 12.3 Å². The summed E-state index contributed by atoms with van der Waals surface area (Å²) in [5.74, 6) is 0.738. The lowest BCUT2D eigenvalue weighted by atomic mass is 9.76. The molecule has 1 heterocycles. The van der Waals surface area contributed by atoms with E-state index in [1.54, 1.807) is 6.20 Å². The van der Waals surface area contributed by atoms with Gasteiger partial charge in [0.25, 0.3) is 0 Å². The third-order valence-electron chi connectivity index (χ3n) is 4.02. The Morgan fingerprint density at radius 1 is 1.39 bits per heavy atom. The number of rotatable bonds is 3. The second kappa shape index (κ2) is 5.27. The van der Waals surface area contributed by atoms with Gasteiger partial charge >= 0.3 is 0 Å². The number of hydrogen-bond acceptors (Lipinski definition) is 3. The quantitative estimate of drug-likeness (QED) is 0.893. The predicted octanol–water partition coefficient (Wildman–Crippen LogP) is 3.20. The minimum atomic E-state index is 0.303. The molecule has 1 aliphatic rings. The number of aryl methyl sites for hydroxylation is 1. The smallest absolute Gasteiger partial charge is 0.218 e. The Bertz CT molecular complexity index is 405. The van der Waals surface area contributed by atoms with Gasteiger partial charge in [0.2, 0.25) is 5.88 Å². The standard InChI is InChI=1S/C15H24N2O/c1-11-6-9-17-14(13(11)10-16)18-12-4-7-15(2,3)8-5-12/h6,9,12H,4-5,7-8,10,16H2,1-3H3. The molecule has 2 rings (SSSR count). The van der Waals surface area contributed by atoms with Crippen molar-refractivity contribution < 1.29 is 4.74 Å². The number of aromatic nitrogens is 1. The maximum absolute atomic E-state index is 6.06. The van der Waals surface area contributed by atoms with Gasteiger partial charge in [0.1, 0.15) is 6.10 Å². The SMILES string of the molecule is Cc1ccnc(OC2CCC(C)(C)CC2)c1CN. The van der Waals surface area contributed by atoms with Crippen LogP contribution in [0.25, 0.3) is 0 Å². The van der Waals surface area contributed by atoms with Crippen molar-refractivity contribution in [2.24, 2.45) is 11.1 Å². The van der Waals surface area contributed by atoms with Crippen molar-refractivity contribution >= 4 is 0 Å². The number of ether oxygens (including phenoxy) is 1. The van der Waals surface area contributed by atoms with Crippen molar-refractivity contribution in [2.75, 3.05) is 0 Å². The summed E-state index contributed by atoms with van der Waals surface area (Å²) in [7, 11) is 0. The first-order chi connectivity index (χ1) is 8.52. The Balaban J connectivity index is 2.04. The van der Waals surface area contributed by atoms with E-state index in [4.69, 9.17) is 10.5 Å². The molecule has 3 nitrogen and oxygen atoms in total. The molecule has 2 N–H and O–H groups in total. The molecule has 1 aromatic rings. The monoisotopic (exact) mass is 248 g/mol. The second-order valence-electron chi connectivity index (χ2n) is 6.10. The molecular formula is C15H24N2O. The number of pyridine rings is 1. The van der Waals surface area contributed by atoms with Crippen LogP contribution in [0.15, 0.2) is 12.3 Å². The summed E-state index contributed by atoms with van der Waals surface area (Å²) < 4.78 is 6.06. The Kier molecular flexibility index (Phi) is 3.91. The highest BCUT2D eigenvalue weighted by atomic mass is 16.5. The normalized spacial score (nSPS) is 19.8. The van der Waals surface area contributed by atoms with Gasteiger partial charge in [-0.2, -0.15) is 0 Å². The van der Waals surface area contributed by atoms with E-state index in [9.17, 15) is 0 Å². The van der Waals surface area contributed by atoms with Crippen LogP contribution in [0.2, 0.25) is 0 Å². The maximum atomic E-state index is 6.06. The Labute approximate surface area is 110 Å². The highest BCUT2D eigenvalue weighted by Gasteiger charge is 2.28. The van der Waals surface area contributed by atoms with Gasteiger partial charge in [-0.25, -0.2) is 4.98 Å². The molecule has 0 amide bonds. The van der Waals surface area contributed by atoms with E-state index in [2.05, 4.69) is 25.8 Å². The van der Waals surface area contributed by atoms with Gasteiger partial charge in [-0.3, -0.25) is 0 Å². The lowest BCUT2D eigenvalue weighted by Crippen LogP contribution is -2.29. The summed E-state index contributed by atoms with van der Waals surface area (Å²) in [5, 5.41) is 0. The number of nitrogens with two attached hydrogens (primary N) is 1. The van der Waals surface area contributed by atoms with Gasteiger partial charge < -0.3 is 10.5 Å². The molecule has 0 aliphatic heterocycles. The summed E-state index contributed by atoms with van der Waals surface area (Å²) in [5.41, 5.74) is 8.46. The zero-order valence-corrected chi connectivity index (χ0v) is 11.7. The molecule has 0 aromatic carbocycles. The van der Waals surface area contributed by atoms with Gasteiger partial charge in [0.15, 0.2) is 0 Å². The van der Waals surface area contributed by atoms with Crippen LogP contribution in [0.4, 0.5) is 0 Å². The predicted molar refractivity (Wildman–Crippen MR) is 73.5 cm³/mol. The van der Waals surface area contributed by atoms with Crippen LogP contribution < -0.4 is 10.5 Å². The molecule has 0 saturated heterocycles. The average molecular weight is 248 g/mol. The lowest BCUT2D eigenvalue weighted by Gasteiger charge is -2.34. The number of nitrogens with zero attached hydrogens (tertiary/aromatic N) is 1. The van der Waals surface area contributed by atoms with Gasteiger partial charge in [-0.05, 0) is 49.7 Å². The molecule has 100 valence electrons. The first-order valence-corrected chi connectivity index (χ1v) is 6.83. The van der Waals surface area contributed by atoms with E-state index in [0.717, 1.165) is 24.3 Å². The molecule has 0 radical (unpaired) electrons. The summed E-state index contributed by atoms with van der Waals surface area (Å²) in [6.45, 7) is 7.22. The van der Waals surface area contributed by atoms with E-state index < -0.39 is 0 Å². The molecule has 0 bridgehead atoms. The van der Waals surface area contributed by atoms with E-state index in [1.165, 1.54) is 18.4 Å². The molecule has 0 unspecified atom stereocenters. The van der Waals surface area contributed by atoms with Crippen molar-refractivity contribution in [2.45, 2.75) is 59.1 Å². The third kappa shape index (κ3) is 3.02. The van der Waals surface area contributed by atoms with Crippen LogP contribution in [0.1, 0.15) is 50.7 Å². The minimum absolute atomic E-state index is 0.303. The van der Waals surface area contributed by atoms with E-state index >= 15 is 0 Å². The Morgan fingerprint density at radius 2 is 2.06 bits per heavy atom. The second-order valence-corrected chi connectivity index (χ2v) is 6.10. The summed E-state index contributed by atoms with van der Waals surface area (Å²) >= 11 is 0. The third-order valence-corrected chi connectivity index (χ3v) is 4.02. The topological polar surface area (TPSA) is 48.1 Å². The first kappa shape index (κ1) is 13.3. The minimum Gasteiger partial charge on any atom is -0.474 e. The van der Waals surface area contributed by atoms with Gasteiger partial charge in [-0.15, -0.1) is 0 Å². The van der Waals surface area contributed by atoms with E-state index in [0.29, 0.717) is 18.1 Å². The largest absolute Gasteiger partial charge is 0.474 e. The van der Waals surface area contributed by atoms with Crippen molar-refractivity contribution in [1.82, 2.24) is 4.98 Å². The van der Waals surface area contributed by atoms with Crippen molar-refractivity contribution in [1.29, 1.82) is 0 Å². The molecular weight excluding hydrogens is 224 g/mol. The van der Waals surface area contributed by atoms with Crippen molar-refractivity contribution in [3.8, 4) is 5.88 Å². The molecule has 0 spiro atoms. The summed E-state index contributed by atoms with van der Waals surface area (Å²) in [4.78, 5) is 4.34. The highest BCUT2D eigenvalue weighted by molar-refractivity contribution is 5.33. The average Bonchev–Trinajstić information content (AvgIpc) is 2.32. The number of hydrogen-bond donors (Lipinski definition) is 1. The maximum Gasteiger partial charge on any atom is 0.218 e. The molecule has 0 atom stereocenters. The zero-order valence-electron chi connectivity index (χ0n) is 11.7. The van der Waals surface area contributed by atoms with Gasteiger partial charge in [0, 0.05) is 18.3 Å². The molecule has 1 aliphatic carbocycles. The summed E-state index contributed by atoms with van der Waals surface area (Å²) in [6, 6.07) is 1.99. The Hall–Kier alpha value is -1.09. The molecule has 1 fully saturated rings. The lowest BCUT2D eigenvalue weighted by molar-refractivity contribution is 0.0939. The molecule has 1 aromatic heterocycles. The van der Waals surface area contributed by atoms with Crippen molar-refractivity contribution in [3.05, 3.63) is 23.4 Å². The van der Waals surface area contributed by atoms with Crippen LogP contribution in [0.3, 0.4) is 0 Å². The fourth-order valence-electron chi connectivity index (χ4n) is 2.56. The molecule has 1 saturated carbocycles. The van der Waals surface area contributed by atoms with Crippen LogP contribution >= 0.6 is 0 Å². The van der Waals surface area contributed by atoms with Gasteiger partial charge in [-0.1, -0.05) is 13.8 Å². The van der Waals surface area contributed by atoms with Crippen LogP contribution in [0.5, 0.6) is 5.88 Å². The molecule has 18 heavy (non-hydrogen) atoms. The first-order valence-electron chi connectivity index (χ1n) is 6.83. The fourth-order valence-corrected chi connectivity index (χ4v) is 2.56. The van der Waals surface area contributed by atoms with E-state index in [-0.39, 0.29) is 0 Å². The van der Waals surface area contributed by atoms with Crippen LogP contribution in [-0.4, -0.2) is 11.1 Å². The highest BCUT2D eigenvalue weighted by Crippen LogP contribution is 2.36.